The van der Waals surface area contributed by atoms with Gasteiger partial charge in [0.1, 0.15) is 5.56 Å². The first-order valence-electron chi connectivity index (χ1n) is 6.04. The predicted octanol–water partition coefficient (Wildman–Crippen LogP) is 1.43. The minimum atomic E-state index is -1.11. The Hall–Kier alpha value is -2.63. The van der Waals surface area contributed by atoms with E-state index in [0.29, 0.717) is 10.9 Å². The Kier molecular flexibility index (Phi) is 3.84. The van der Waals surface area contributed by atoms with Crippen LogP contribution in [0.3, 0.4) is 0 Å². The molecular formula is C14H14N2O4. The Morgan fingerprint density at radius 1 is 1.40 bits per heavy atom. The number of pyridine rings is 1. The van der Waals surface area contributed by atoms with Crippen LogP contribution >= 0.6 is 0 Å². The number of carboxylic acids is 1. The highest BCUT2D eigenvalue weighted by Crippen LogP contribution is 2.26. The van der Waals surface area contributed by atoms with E-state index in [1.54, 1.807) is 31.2 Å². The molecule has 1 aromatic heterocycles. The molecule has 1 unspecified atom stereocenters. The largest absolute Gasteiger partial charge is 0.490 e. The van der Waals surface area contributed by atoms with E-state index in [1.165, 1.54) is 6.20 Å². The van der Waals surface area contributed by atoms with Crippen molar-refractivity contribution in [3.8, 4) is 5.75 Å². The second-order valence-electron chi connectivity index (χ2n) is 4.43. The highest BCUT2D eigenvalue weighted by atomic mass is 16.5. The van der Waals surface area contributed by atoms with E-state index < -0.39 is 17.8 Å². The summed E-state index contributed by atoms with van der Waals surface area (Å²) in [5, 5.41) is 9.83. The molecule has 6 heteroatoms. The van der Waals surface area contributed by atoms with Gasteiger partial charge in [0.25, 0.3) is 0 Å². The fourth-order valence-corrected chi connectivity index (χ4v) is 1.75. The number of primary amides is 1. The van der Waals surface area contributed by atoms with Gasteiger partial charge in [0, 0.05) is 5.39 Å². The lowest BCUT2D eigenvalue weighted by Gasteiger charge is -2.13. The Labute approximate surface area is 115 Å². The molecule has 1 atom stereocenters. The molecule has 2 rings (SSSR count). The van der Waals surface area contributed by atoms with Crippen molar-refractivity contribution >= 4 is 22.8 Å². The summed E-state index contributed by atoms with van der Waals surface area (Å²) in [6.07, 6.45) is 1.35. The zero-order valence-electron chi connectivity index (χ0n) is 10.9. The quantitative estimate of drug-likeness (QED) is 0.858. The van der Waals surface area contributed by atoms with Crippen molar-refractivity contribution in [1.82, 2.24) is 4.98 Å². The maximum atomic E-state index is 11.4. The number of amides is 1. The van der Waals surface area contributed by atoms with Crippen molar-refractivity contribution < 1.29 is 19.4 Å². The fraction of sp³-hybridized carbons (Fsp3) is 0.214. The number of nitrogens with two attached hydrogens (primary N) is 1. The second-order valence-corrected chi connectivity index (χ2v) is 4.43. The summed E-state index contributed by atoms with van der Waals surface area (Å²) in [5.41, 5.74) is 5.74. The number of fused-ring (bicyclic) bond motifs is 1. The van der Waals surface area contributed by atoms with E-state index in [2.05, 4.69) is 4.98 Å². The number of carbonyl (C=O) groups is 2. The van der Waals surface area contributed by atoms with Gasteiger partial charge in [0.15, 0.2) is 5.75 Å². The summed E-state index contributed by atoms with van der Waals surface area (Å²) in [4.78, 5) is 26.5. The topological polar surface area (TPSA) is 103 Å². The average Bonchev–Trinajstić information content (AvgIpc) is 2.43. The van der Waals surface area contributed by atoms with Crippen LogP contribution in [-0.4, -0.2) is 28.6 Å². The first-order valence-corrected chi connectivity index (χ1v) is 6.04. The number of ether oxygens (including phenoxy) is 1. The number of aromatic carboxylic acids is 1. The molecule has 2 aromatic rings. The minimum absolute atomic E-state index is 0.00956. The summed E-state index contributed by atoms with van der Waals surface area (Å²) < 4.78 is 5.39. The van der Waals surface area contributed by atoms with Crippen molar-refractivity contribution in [3.05, 3.63) is 36.0 Å². The van der Waals surface area contributed by atoms with Gasteiger partial charge in [-0.1, -0.05) is 25.1 Å². The standard InChI is InChI=1S/C14H14N2O4/c1-8(13(15)17)7-20-11-6-16-10-5-3-2-4-9(10)12(11)14(18)19/h2-6,8H,7H2,1H3,(H2,15,17)(H,18,19). The number of rotatable bonds is 5. The normalized spacial score (nSPS) is 12.1. The van der Waals surface area contributed by atoms with E-state index >= 15 is 0 Å². The molecule has 0 bridgehead atoms. The Morgan fingerprint density at radius 2 is 2.10 bits per heavy atom. The van der Waals surface area contributed by atoms with Crippen LogP contribution in [0.2, 0.25) is 0 Å². The zero-order valence-corrected chi connectivity index (χ0v) is 10.9. The number of hydrogen-bond acceptors (Lipinski definition) is 4. The van der Waals surface area contributed by atoms with Gasteiger partial charge in [-0.25, -0.2) is 4.79 Å². The average molecular weight is 274 g/mol. The maximum absolute atomic E-state index is 11.4. The Morgan fingerprint density at radius 3 is 2.75 bits per heavy atom. The SMILES string of the molecule is CC(COc1cnc2ccccc2c1C(=O)O)C(N)=O. The fourth-order valence-electron chi connectivity index (χ4n) is 1.75. The number of carboxylic acid groups (broad SMARTS) is 1. The highest BCUT2D eigenvalue weighted by molar-refractivity contribution is 6.04. The molecule has 0 fully saturated rings. The van der Waals surface area contributed by atoms with E-state index in [9.17, 15) is 14.7 Å². The number of para-hydroxylation sites is 1. The van der Waals surface area contributed by atoms with Crippen molar-refractivity contribution in [1.29, 1.82) is 0 Å². The first kappa shape index (κ1) is 13.8. The molecule has 1 amide bonds. The Bertz CT molecular complexity index is 669. The first-order chi connectivity index (χ1) is 9.50. The second kappa shape index (κ2) is 5.56. The number of nitrogens with zero attached hydrogens (tertiary/aromatic N) is 1. The third-order valence-electron chi connectivity index (χ3n) is 2.93. The van der Waals surface area contributed by atoms with Crippen molar-refractivity contribution in [2.75, 3.05) is 6.61 Å². The van der Waals surface area contributed by atoms with Crippen LogP contribution in [0.5, 0.6) is 5.75 Å². The molecule has 0 aliphatic heterocycles. The lowest BCUT2D eigenvalue weighted by molar-refractivity contribution is -0.122. The van der Waals surface area contributed by atoms with E-state index in [0.717, 1.165) is 0 Å². The third-order valence-corrected chi connectivity index (χ3v) is 2.93. The van der Waals surface area contributed by atoms with Gasteiger partial charge in [0.2, 0.25) is 5.91 Å². The van der Waals surface area contributed by atoms with Crippen molar-refractivity contribution in [2.24, 2.45) is 11.7 Å². The van der Waals surface area contributed by atoms with Crippen LogP contribution in [0, 0.1) is 5.92 Å². The van der Waals surface area contributed by atoms with Crippen LogP contribution in [-0.2, 0) is 4.79 Å². The lowest BCUT2D eigenvalue weighted by atomic mass is 10.1. The van der Waals surface area contributed by atoms with E-state index in [1.807, 2.05) is 0 Å². The monoisotopic (exact) mass is 274 g/mol. The van der Waals surface area contributed by atoms with Gasteiger partial charge in [0.05, 0.1) is 24.2 Å². The van der Waals surface area contributed by atoms with Crippen LogP contribution in [0.15, 0.2) is 30.5 Å². The third kappa shape index (κ3) is 2.69. The van der Waals surface area contributed by atoms with Gasteiger partial charge in [-0.3, -0.25) is 9.78 Å². The predicted molar refractivity (Wildman–Crippen MR) is 72.6 cm³/mol. The molecule has 20 heavy (non-hydrogen) atoms. The molecule has 0 radical (unpaired) electrons. The summed E-state index contributed by atoms with van der Waals surface area (Å²) >= 11 is 0. The van der Waals surface area contributed by atoms with Gasteiger partial charge in [-0.2, -0.15) is 0 Å². The van der Waals surface area contributed by atoms with Crippen molar-refractivity contribution in [2.45, 2.75) is 6.92 Å². The minimum Gasteiger partial charge on any atom is -0.490 e. The molecule has 0 saturated carbocycles. The number of benzene rings is 1. The van der Waals surface area contributed by atoms with E-state index in [4.69, 9.17) is 10.5 Å². The van der Waals surface area contributed by atoms with Gasteiger partial charge in [-0.05, 0) is 6.07 Å². The summed E-state index contributed by atoms with van der Waals surface area (Å²) in [7, 11) is 0. The molecule has 0 saturated heterocycles. The number of carbonyl (C=O) groups excluding carboxylic acids is 1. The van der Waals surface area contributed by atoms with Gasteiger partial charge >= 0.3 is 5.97 Å². The Balaban J connectivity index is 2.40. The molecule has 104 valence electrons. The van der Waals surface area contributed by atoms with Crippen LogP contribution < -0.4 is 10.5 Å². The molecule has 0 spiro atoms. The molecule has 6 nitrogen and oxygen atoms in total. The smallest absolute Gasteiger partial charge is 0.340 e. The maximum Gasteiger partial charge on any atom is 0.340 e. The number of hydrogen-bond donors (Lipinski definition) is 2. The summed E-state index contributed by atoms with van der Waals surface area (Å²) in [5.74, 6) is -1.99. The van der Waals surface area contributed by atoms with Crippen LogP contribution in [0.1, 0.15) is 17.3 Å². The highest BCUT2D eigenvalue weighted by Gasteiger charge is 2.18. The van der Waals surface area contributed by atoms with E-state index in [-0.39, 0.29) is 17.9 Å². The summed E-state index contributed by atoms with van der Waals surface area (Å²) in [6.45, 7) is 1.62. The molecule has 3 N–H and O–H groups in total. The van der Waals surface area contributed by atoms with Gasteiger partial charge < -0.3 is 15.6 Å². The molecule has 0 aliphatic rings. The molecular weight excluding hydrogens is 260 g/mol. The van der Waals surface area contributed by atoms with Crippen LogP contribution in [0.4, 0.5) is 0 Å². The zero-order chi connectivity index (χ0) is 14.7. The van der Waals surface area contributed by atoms with Crippen molar-refractivity contribution in [3.63, 3.8) is 0 Å². The number of aromatic nitrogens is 1. The van der Waals surface area contributed by atoms with Gasteiger partial charge in [-0.15, -0.1) is 0 Å². The van der Waals surface area contributed by atoms with Crippen LogP contribution in [0.25, 0.3) is 10.9 Å². The lowest BCUT2D eigenvalue weighted by Crippen LogP contribution is -2.26. The summed E-state index contributed by atoms with van der Waals surface area (Å²) in [6, 6.07) is 6.89. The molecule has 0 aliphatic carbocycles. The molecule has 1 heterocycles. The molecule has 1 aromatic carbocycles.